The van der Waals surface area contributed by atoms with Crippen molar-refractivity contribution in [1.82, 2.24) is 4.98 Å². The maximum Gasteiger partial charge on any atom is 0.151 e. The third-order valence-corrected chi connectivity index (χ3v) is 1.43. The number of ether oxygens (including phenoxy) is 2. The van der Waals surface area contributed by atoms with Crippen LogP contribution in [-0.4, -0.2) is 31.6 Å². The lowest BCUT2D eigenvalue weighted by Crippen LogP contribution is -2.04. The number of nitrogens with zero attached hydrogens (tertiary/aromatic N) is 1. The molecule has 70 valence electrons. The van der Waals surface area contributed by atoms with Gasteiger partial charge in [-0.2, -0.15) is 0 Å². The van der Waals surface area contributed by atoms with E-state index in [-0.39, 0.29) is 0 Å². The van der Waals surface area contributed by atoms with Gasteiger partial charge in [0.25, 0.3) is 0 Å². The van der Waals surface area contributed by atoms with Crippen LogP contribution >= 0.6 is 0 Å². The lowest BCUT2D eigenvalue weighted by atomic mass is 10.3. The lowest BCUT2D eigenvalue weighted by molar-refractivity contribution is 0.112. The van der Waals surface area contributed by atoms with Crippen molar-refractivity contribution in [2.75, 3.05) is 20.3 Å². The quantitative estimate of drug-likeness (QED) is 0.500. The first-order valence-electron chi connectivity index (χ1n) is 3.89. The van der Waals surface area contributed by atoms with Crippen LogP contribution < -0.4 is 4.74 Å². The number of pyridine rings is 1. The predicted octanol–water partition coefficient (Wildman–Crippen LogP) is 0.919. The zero-order valence-electron chi connectivity index (χ0n) is 7.40. The molecule has 0 amide bonds. The Morgan fingerprint density at radius 3 is 3.00 bits per heavy atom. The fraction of sp³-hybridized carbons (Fsp3) is 0.333. The van der Waals surface area contributed by atoms with Crippen molar-refractivity contribution in [3.8, 4) is 5.75 Å². The van der Waals surface area contributed by atoms with Crippen molar-refractivity contribution in [3.05, 3.63) is 24.0 Å². The molecule has 0 radical (unpaired) electrons. The Bertz CT molecular complexity index is 275. The normalized spacial score (nSPS) is 9.62. The molecular weight excluding hydrogens is 170 g/mol. The molecule has 0 bridgehead atoms. The number of aldehydes is 1. The summed E-state index contributed by atoms with van der Waals surface area (Å²) in [7, 11) is 1.60. The monoisotopic (exact) mass is 181 g/mol. The van der Waals surface area contributed by atoms with Gasteiger partial charge in [-0.1, -0.05) is 0 Å². The predicted molar refractivity (Wildman–Crippen MR) is 47.0 cm³/mol. The summed E-state index contributed by atoms with van der Waals surface area (Å²) in [5.74, 6) is 0.585. The van der Waals surface area contributed by atoms with E-state index >= 15 is 0 Å². The van der Waals surface area contributed by atoms with Gasteiger partial charge < -0.3 is 9.47 Å². The standard InChI is InChI=1S/C9H11NO3/c1-12-2-3-13-9-4-8(7-11)5-10-6-9/h4-7H,2-3H2,1H3. The summed E-state index contributed by atoms with van der Waals surface area (Å²) in [6.07, 6.45) is 3.77. The van der Waals surface area contributed by atoms with Crippen LogP contribution in [0, 0.1) is 0 Å². The molecule has 4 nitrogen and oxygen atoms in total. The zero-order valence-corrected chi connectivity index (χ0v) is 7.40. The Morgan fingerprint density at radius 2 is 2.31 bits per heavy atom. The van der Waals surface area contributed by atoms with E-state index in [0.29, 0.717) is 24.5 Å². The van der Waals surface area contributed by atoms with Gasteiger partial charge in [-0.25, -0.2) is 0 Å². The molecule has 0 fully saturated rings. The molecule has 0 aliphatic heterocycles. The van der Waals surface area contributed by atoms with Crippen LogP contribution in [0.2, 0.25) is 0 Å². The second-order valence-electron chi connectivity index (χ2n) is 2.41. The van der Waals surface area contributed by atoms with Crippen LogP contribution in [0.1, 0.15) is 10.4 Å². The summed E-state index contributed by atoms with van der Waals surface area (Å²) >= 11 is 0. The van der Waals surface area contributed by atoms with Gasteiger partial charge in [0, 0.05) is 18.9 Å². The van der Waals surface area contributed by atoms with E-state index in [1.807, 2.05) is 0 Å². The molecule has 0 aliphatic rings. The van der Waals surface area contributed by atoms with Gasteiger partial charge in [0.05, 0.1) is 12.8 Å². The van der Waals surface area contributed by atoms with Gasteiger partial charge in [0.15, 0.2) is 6.29 Å². The molecule has 1 aromatic heterocycles. The summed E-state index contributed by atoms with van der Waals surface area (Å²) in [6, 6.07) is 1.63. The molecule has 13 heavy (non-hydrogen) atoms. The third-order valence-electron chi connectivity index (χ3n) is 1.43. The molecule has 1 heterocycles. The van der Waals surface area contributed by atoms with Crippen molar-refractivity contribution in [2.45, 2.75) is 0 Å². The SMILES string of the molecule is COCCOc1cncc(C=O)c1. The van der Waals surface area contributed by atoms with Gasteiger partial charge in [0.2, 0.25) is 0 Å². The van der Waals surface area contributed by atoms with Crippen molar-refractivity contribution < 1.29 is 14.3 Å². The highest BCUT2D eigenvalue weighted by molar-refractivity contribution is 5.74. The van der Waals surface area contributed by atoms with Gasteiger partial charge >= 0.3 is 0 Å². The van der Waals surface area contributed by atoms with Crippen LogP contribution in [0.3, 0.4) is 0 Å². The van der Waals surface area contributed by atoms with Crippen molar-refractivity contribution in [3.63, 3.8) is 0 Å². The van der Waals surface area contributed by atoms with Crippen molar-refractivity contribution in [1.29, 1.82) is 0 Å². The van der Waals surface area contributed by atoms with Crippen LogP contribution in [0.5, 0.6) is 5.75 Å². The first-order chi connectivity index (χ1) is 6.36. The minimum Gasteiger partial charge on any atom is -0.490 e. The summed E-state index contributed by atoms with van der Waals surface area (Å²) in [4.78, 5) is 14.2. The topological polar surface area (TPSA) is 48.4 Å². The van der Waals surface area contributed by atoms with Gasteiger partial charge in [-0.05, 0) is 6.07 Å². The van der Waals surface area contributed by atoms with E-state index in [9.17, 15) is 4.79 Å². The number of carbonyl (C=O) groups is 1. The summed E-state index contributed by atoms with van der Waals surface area (Å²) in [6.45, 7) is 0.978. The second kappa shape index (κ2) is 5.27. The second-order valence-corrected chi connectivity index (χ2v) is 2.41. The van der Waals surface area contributed by atoms with Gasteiger partial charge in [-0.15, -0.1) is 0 Å². The van der Waals surface area contributed by atoms with Gasteiger partial charge in [0.1, 0.15) is 12.4 Å². The highest BCUT2D eigenvalue weighted by atomic mass is 16.5. The lowest BCUT2D eigenvalue weighted by Gasteiger charge is -2.04. The number of aromatic nitrogens is 1. The van der Waals surface area contributed by atoms with Crippen LogP contribution in [0.15, 0.2) is 18.5 Å². The fourth-order valence-electron chi connectivity index (χ4n) is 0.822. The number of hydrogen-bond donors (Lipinski definition) is 0. The fourth-order valence-corrected chi connectivity index (χ4v) is 0.822. The van der Waals surface area contributed by atoms with E-state index in [4.69, 9.17) is 9.47 Å². The number of carbonyl (C=O) groups excluding carboxylic acids is 1. The molecule has 0 aliphatic carbocycles. The molecule has 0 saturated carbocycles. The van der Waals surface area contributed by atoms with E-state index in [1.54, 1.807) is 19.4 Å². The first-order valence-corrected chi connectivity index (χ1v) is 3.89. The number of methoxy groups -OCH3 is 1. The largest absolute Gasteiger partial charge is 0.490 e. The highest BCUT2D eigenvalue weighted by Gasteiger charge is 1.95. The minimum absolute atomic E-state index is 0.459. The highest BCUT2D eigenvalue weighted by Crippen LogP contribution is 2.09. The summed E-state index contributed by atoms with van der Waals surface area (Å²) in [5.41, 5.74) is 0.509. The summed E-state index contributed by atoms with van der Waals surface area (Å²) in [5, 5.41) is 0. The summed E-state index contributed by atoms with van der Waals surface area (Å²) < 4.78 is 10.0. The first kappa shape index (κ1) is 9.67. The molecule has 0 unspecified atom stereocenters. The maximum absolute atomic E-state index is 10.4. The Morgan fingerprint density at radius 1 is 1.46 bits per heavy atom. The van der Waals surface area contributed by atoms with Crippen LogP contribution in [0.25, 0.3) is 0 Å². The Labute approximate surface area is 76.5 Å². The van der Waals surface area contributed by atoms with Crippen LogP contribution in [-0.2, 0) is 4.74 Å². The molecule has 0 atom stereocenters. The molecule has 0 aromatic carbocycles. The molecule has 0 spiro atoms. The van der Waals surface area contributed by atoms with E-state index < -0.39 is 0 Å². The smallest absolute Gasteiger partial charge is 0.151 e. The van der Waals surface area contributed by atoms with Crippen molar-refractivity contribution in [2.24, 2.45) is 0 Å². The Balaban J connectivity index is 2.51. The average Bonchev–Trinajstić information content (AvgIpc) is 2.19. The third kappa shape index (κ3) is 3.21. The maximum atomic E-state index is 10.4. The van der Waals surface area contributed by atoms with E-state index in [0.717, 1.165) is 6.29 Å². The molecular formula is C9H11NO3. The molecule has 0 N–H and O–H groups in total. The molecule has 1 aromatic rings. The Kier molecular flexibility index (Phi) is 3.92. The number of rotatable bonds is 5. The van der Waals surface area contributed by atoms with Crippen molar-refractivity contribution >= 4 is 6.29 Å². The Hall–Kier alpha value is -1.42. The van der Waals surface area contributed by atoms with E-state index in [1.165, 1.54) is 6.20 Å². The molecule has 4 heteroatoms. The van der Waals surface area contributed by atoms with E-state index in [2.05, 4.69) is 4.98 Å². The van der Waals surface area contributed by atoms with Crippen LogP contribution in [0.4, 0.5) is 0 Å². The zero-order chi connectivity index (χ0) is 9.52. The molecule has 0 saturated heterocycles. The van der Waals surface area contributed by atoms with Gasteiger partial charge in [-0.3, -0.25) is 9.78 Å². The average molecular weight is 181 g/mol. The molecule has 1 rings (SSSR count). The minimum atomic E-state index is 0.459. The number of hydrogen-bond acceptors (Lipinski definition) is 4.